The van der Waals surface area contributed by atoms with Gasteiger partial charge >= 0.3 is 13.2 Å². The molecule has 9 heteroatoms. The van der Waals surface area contributed by atoms with Crippen molar-refractivity contribution >= 4 is 19.4 Å². The predicted molar refractivity (Wildman–Crippen MR) is 64.1 cm³/mol. The molecule has 0 radical (unpaired) electrons. The Morgan fingerprint density at radius 1 is 1.58 bits per heavy atom. The van der Waals surface area contributed by atoms with Crippen molar-refractivity contribution in [2.75, 3.05) is 0 Å². The fourth-order valence-electron chi connectivity index (χ4n) is 1.40. The molecule has 1 aromatic heterocycles. The molecule has 0 aromatic carbocycles. The maximum absolute atomic E-state index is 11.0. The Labute approximate surface area is 107 Å². The van der Waals surface area contributed by atoms with Crippen LogP contribution in [0.25, 0.3) is 6.20 Å². The molecule has 0 spiro atoms. The van der Waals surface area contributed by atoms with Gasteiger partial charge in [-0.3, -0.25) is 4.79 Å². The molecule has 1 rings (SSSR count). The van der Waals surface area contributed by atoms with E-state index in [9.17, 15) is 22.1 Å². The van der Waals surface area contributed by atoms with E-state index in [4.69, 9.17) is 5.11 Å². The average molecular weight is 281 g/mol. The largest absolute Gasteiger partial charge is 0.673 e. The van der Waals surface area contributed by atoms with Gasteiger partial charge in [-0.1, -0.05) is 19.9 Å². The van der Waals surface area contributed by atoms with Crippen LogP contribution >= 0.6 is 0 Å². The molecule has 1 N–H and O–H groups in total. The van der Waals surface area contributed by atoms with Crippen molar-refractivity contribution < 1.29 is 27.2 Å². The minimum absolute atomic E-state index is 0.534. The van der Waals surface area contributed by atoms with Crippen molar-refractivity contribution in [3.8, 4) is 0 Å². The second kappa shape index (κ2) is 7.60. The standard InChI is InChI=1S/C10H14N2O2.BF4/c1-3-5-8(10(13)14)9-11-6-7-12(9)4-2;2-1(3,4)5/h4,6-8H,2-3,5H2,1H3,(H,13,14);/q;-1. The molecule has 0 bridgehead atoms. The SMILES string of the molecule is C=Cn1ccnc1C(CCC)C(=O)O.F[B-](F)(F)F. The molecule has 1 heterocycles. The van der Waals surface area contributed by atoms with Crippen LogP contribution in [0.1, 0.15) is 31.5 Å². The van der Waals surface area contributed by atoms with Gasteiger partial charge in [-0.25, -0.2) is 4.98 Å². The van der Waals surface area contributed by atoms with E-state index >= 15 is 0 Å². The van der Waals surface area contributed by atoms with E-state index in [1.54, 1.807) is 23.2 Å². The van der Waals surface area contributed by atoms with Crippen LogP contribution < -0.4 is 0 Å². The van der Waals surface area contributed by atoms with Crippen LogP contribution in [0.5, 0.6) is 0 Å². The van der Waals surface area contributed by atoms with Crippen LogP contribution in [-0.4, -0.2) is 27.9 Å². The Morgan fingerprint density at radius 3 is 2.47 bits per heavy atom. The number of carboxylic acid groups (broad SMARTS) is 1. The van der Waals surface area contributed by atoms with Gasteiger partial charge in [0.25, 0.3) is 0 Å². The van der Waals surface area contributed by atoms with E-state index in [2.05, 4.69) is 11.6 Å². The monoisotopic (exact) mass is 281 g/mol. The molecule has 4 nitrogen and oxygen atoms in total. The van der Waals surface area contributed by atoms with Crippen LogP contribution in [-0.2, 0) is 4.79 Å². The highest BCUT2D eigenvalue weighted by atomic mass is 19.5. The van der Waals surface area contributed by atoms with Crippen molar-refractivity contribution in [2.45, 2.75) is 25.7 Å². The van der Waals surface area contributed by atoms with Gasteiger partial charge in [-0.2, -0.15) is 0 Å². The Balaban J connectivity index is 0.000000555. The second-order valence-corrected chi connectivity index (χ2v) is 3.55. The summed E-state index contributed by atoms with van der Waals surface area (Å²) in [4.78, 5) is 15.0. The molecule has 0 saturated heterocycles. The van der Waals surface area contributed by atoms with Crippen molar-refractivity contribution in [1.29, 1.82) is 0 Å². The summed E-state index contributed by atoms with van der Waals surface area (Å²) in [5.74, 6) is -0.816. The van der Waals surface area contributed by atoms with Gasteiger partial charge in [-0.15, -0.1) is 0 Å². The third kappa shape index (κ3) is 7.27. The quantitative estimate of drug-likeness (QED) is 0.665. The summed E-state index contributed by atoms with van der Waals surface area (Å²) in [7, 11) is -6.00. The smallest absolute Gasteiger partial charge is 0.481 e. The third-order valence-corrected chi connectivity index (χ3v) is 2.08. The lowest BCUT2D eigenvalue weighted by Crippen LogP contribution is -2.15. The maximum Gasteiger partial charge on any atom is 0.673 e. The van der Waals surface area contributed by atoms with Gasteiger partial charge in [0, 0.05) is 18.6 Å². The van der Waals surface area contributed by atoms with E-state index in [0.717, 1.165) is 6.42 Å². The molecule has 0 saturated carbocycles. The molecule has 0 amide bonds. The molecule has 0 aliphatic heterocycles. The summed E-state index contributed by atoms with van der Waals surface area (Å²) in [6, 6.07) is 0. The zero-order valence-electron chi connectivity index (χ0n) is 10.3. The Hall–Kier alpha value is -1.80. The first-order valence-corrected chi connectivity index (χ1v) is 5.46. The Morgan fingerprint density at radius 2 is 2.11 bits per heavy atom. The molecular weight excluding hydrogens is 267 g/mol. The minimum atomic E-state index is -6.00. The van der Waals surface area contributed by atoms with Crippen LogP contribution in [0.15, 0.2) is 19.0 Å². The van der Waals surface area contributed by atoms with Crippen molar-refractivity contribution in [3.63, 3.8) is 0 Å². The molecule has 0 aliphatic rings. The molecule has 1 unspecified atom stereocenters. The molecule has 1 atom stereocenters. The van der Waals surface area contributed by atoms with Gasteiger partial charge in [0.15, 0.2) is 0 Å². The number of carbonyl (C=O) groups is 1. The Bertz CT molecular complexity index is 414. The molecule has 0 aliphatic carbocycles. The van der Waals surface area contributed by atoms with Gasteiger partial charge in [0.2, 0.25) is 0 Å². The van der Waals surface area contributed by atoms with E-state index in [-0.39, 0.29) is 0 Å². The first-order valence-electron chi connectivity index (χ1n) is 5.46. The van der Waals surface area contributed by atoms with Crippen molar-refractivity contribution in [1.82, 2.24) is 9.55 Å². The van der Waals surface area contributed by atoms with E-state index in [1.807, 2.05) is 6.92 Å². The highest BCUT2D eigenvalue weighted by Gasteiger charge is 2.22. The fourth-order valence-corrected chi connectivity index (χ4v) is 1.40. The first kappa shape index (κ1) is 17.2. The Kier molecular flexibility index (Phi) is 6.88. The lowest BCUT2D eigenvalue weighted by atomic mass is 10.0. The maximum atomic E-state index is 11.0. The van der Waals surface area contributed by atoms with Crippen LogP contribution in [0.2, 0.25) is 0 Å². The number of aromatic nitrogens is 2. The number of imidazole rings is 1. The van der Waals surface area contributed by atoms with Crippen LogP contribution in [0.4, 0.5) is 17.3 Å². The number of hydrogen-bond acceptors (Lipinski definition) is 2. The zero-order valence-corrected chi connectivity index (χ0v) is 10.3. The second-order valence-electron chi connectivity index (χ2n) is 3.55. The summed E-state index contributed by atoms with van der Waals surface area (Å²) in [5, 5.41) is 9.01. The number of carboxylic acids is 1. The first-order chi connectivity index (χ1) is 8.70. The van der Waals surface area contributed by atoms with E-state index in [1.165, 1.54) is 0 Å². The van der Waals surface area contributed by atoms with Gasteiger partial charge in [0.05, 0.1) is 0 Å². The number of halogens is 4. The summed E-state index contributed by atoms with van der Waals surface area (Å²) >= 11 is 0. The lowest BCUT2D eigenvalue weighted by molar-refractivity contribution is -0.139. The third-order valence-electron chi connectivity index (χ3n) is 2.08. The number of aliphatic carboxylic acids is 1. The molecular formula is C10H14BF4N2O2-. The van der Waals surface area contributed by atoms with E-state index in [0.29, 0.717) is 12.2 Å². The van der Waals surface area contributed by atoms with Crippen molar-refractivity contribution in [3.05, 3.63) is 24.8 Å². The fraction of sp³-hybridized carbons (Fsp3) is 0.400. The minimum Gasteiger partial charge on any atom is -0.481 e. The van der Waals surface area contributed by atoms with E-state index < -0.39 is 19.1 Å². The summed E-state index contributed by atoms with van der Waals surface area (Å²) in [6.45, 7) is 5.55. The van der Waals surface area contributed by atoms with Gasteiger partial charge in [0.1, 0.15) is 11.7 Å². The van der Waals surface area contributed by atoms with Crippen molar-refractivity contribution in [2.24, 2.45) is 0 Å². The summed E-state index contributed by atoms with van der Waals surface area (Å²) < 4.78 is 40.6. The summed E-state index contributed by atoms with van der Waals surface area (Å²) in [5.41, 5.74) is 0. The number of nitrogens with zero attached hydrogens (tertiary/aromatic N) is 2. The average Bonchev–Trinajstić information content (AvgIpc) is 2.70. The van der Waals surface area contributed by atoms with Crippen LogP contribution in [0.3, 0.4) is 0 Å². The predicted octanol–water partition coefficient (Wildman–Crippen LogP) is 3.25. The normalized spacial score (nSPS) is 12.3. The lowest BCUT2D eigenvalue weighted by Gasteiger charge is -2.10. The topological polar surface area (TPSA) is 55.1 Å². The van der Waals surface area contributed by atoms with Crippen LogP contribution in [0, 0.1) is 0 Å². The highest BCUT2D eigenvalue weighted by molar-refractivity contribution is 6.50. The highest BCUT2D eigenvalue weighted by Crippen LogP contribution is 2.20. The molecule has 0 fully saturated rings. The molecule has 1 aromatic rings. The van der Waals surface area contributed by atoms with Gasteiger partial charge < -0.3 is 26.9 Å². The molecule has 19 heavy (non-hydrogen) atoms. The molecule has 108 valence electrons. The zero-order chi connectivity index (χ0) is 15.1. The number of rotatable bonds is 5. The summed E-state index contributed by atoms with van der Waals surface area (Å²) in [6.07, 6.45) is 6.27. The number of hydrogen-bond donors (Lipinski definition) is 1. The van der Waals surface area contributed by atoms with Gasteiger partial charge in [-0.05, 0) is 6.42 Å².